The molecule has 0 radical (unpaired) electrons. The molecule has 0 N–H and O–H groups in total. The van der Waals surface area contributed by atoms with E-state index in [9.17, 15) is 9.59 Å². The van der Waals surface area contributed by atoms with E-state index in [0.717, 1.165) is 31.5 Å². The molecule has 0 aromatic carbocycles. The van der Waals surface area contributed by atoms with Gasteiger partial charge in [-0.2, -0.15) is 5.10 Å². The largest absolute Gasteiger partial charge is 0.346 e. The lowest BCUT2D eigenvalue weighted by Gasteiger charge is -2.20. The number of aromatic nitrogens is 4. The molecule has 0 unspecified atom stereocenters. The third-order valence-electron chi connectivity index (χ3n) is 4.72. The monoisotopic (exact) mass is 347 g/mol. The highest BCUT2D eigenvalue weighted by Crippen LogP contribution is 2.26. The quantitative estimate of drug-likeness (QED) is 0.783. The van der Waals surface area contributed by atoms with Crippen molar-refractivity contribution in [3.05, 3.63) is 45.4 Å². The normalized spacial score (nSPS) is 19.7. The first-order chi connectivity index (χ1) is 11.6. The predicted molar refractivity (Wildman–Crippen MR) is 88.0 cm³/mol. The molecule has 126 valence electrons. The van der Waals surface area contributed by atoms with E-state index in [1.807, 2.05) is 11.0 Å². The van der Waals surface area contributed by atoms with Gasteiger partial charge in [0.2, 0.25) is 5.91 Å². The number of likely N-dealkylation sites (tertiary alicyclic amines) is 1. The van der Waals surface area contributed by atoms with Crippen molar-refractivity contribution in [1.29, 1.82) is 0 Å². The van der Waals surface area contributed by atoms with E-state index in [1.165, 1.54) is 4.68 Å². The molecule has 1 amide bonds. The van der Waals surface area contributed by atoms with Crippen molar-refractivity contribution in [2.75, 3.05) is 13.1 Å². The van der Waals surface area contributed by atoms with Gasteiger partial charge in [-0.25, -0.2) is 14.5 Å². The molecule has 4 rings (SSSR count). The molecule has 0 spiro atoms. The van der Waals surface area contributed by atoms with Gasteiger partial charge in [-0.3, -0.25) is 9.36 Å². The molecule has 1 saturated heterocycles. The Hall–Kier alpha value is -2.15. The minimum Gasteiger partial charge on any atom is -0.341 e. The number of hydrogen-bond donors (Lipinski definition) is 0. The van der Waals surface area contributed by atoms with Gasteiger partial charge in [-0.15, -0.1) is 0 Å². The Kier molecular flexibility index (Phi) is 3.88. The smallest absolute Gasteiger partial charge is 0.341 e. The molecule has 24 heavy (non-hydrogen) atoms. The van der Waals surface area contributed by atoms with Crippen LogP contribution in [0, 0.1) is 0 Å². The Morgan fingerprint density at radius 3 is 2.79 bits per heavy atom. The summed E-state index contributed by atoms with van der Waals surface area (Å²) in [6.07, 6.45) is 5.04. The molecule has 2 aromatic heterocycles. The zero-order chi connectivity index (χ0) is 16.7. The molecule has 8 heteroatoms. The summed E-state index contributed by atoms with van der Waals surface area (Å²) >= 11 is 5.78. The Morgan fingerprint density at radius 2 is 2.08 bits per heavy atom. The summed E-state index contributed by atoms with van der Waals surface area (Å²) < 4.78 is 2.98. The van der Waals surface area contributed by atoms with Gasteiger partial charge in [0.25, 0.3) is 0 Å². The van der Waals surface area contributed by atoms with Crippen LogP contribution in [0.15, 0.2) is 23.1 Å². The lowest BCUT2D eigenvalue weighted by molar-refractivity contribution is -0.133. The maximum Gasteiger partial charge on any atom is 0.346 e. The summed E-state index contributed by atoms with van der Waals surface area (Å²) in [4.78, 5) is 31.3. The molecule has 2 aliphatic rings. The van der Waals surface area contributed by atoms with Crippen molar-refractivity contribution in [2.24, 2.45) is 0 Å². The van der Waals surface area contributed by atoms with Gasteiger partial charge in [-0.05, 0) is 30.9 Å². The average molecular weight is 348 g/mol. The first-order valence-corrected chi connectivity index (χ1v) is 8.59. The number of carbonyl (C=O) groups excluding carboxylic acids is 1. The van der Waals surface area contributed by atoms with E-state index in [4.69, 9.17) is 11.6 Å². The van der Waals surface area contributed by atoms with Crippen molar-refractivity contribution in [3.63, 3.8) is 0 Å². The van der Waals surface area contributed by atoms with Crippen molar-refractivity contribution in [3.8, 4) is 0 Å². The van der Waals surface area contributed by atoms with Crippen molar-refractivity contribution in [1.82, 2.24) is 24.2 Å². The fourth-order valence-electron chi connectivity index (χ4n) is 3.50. The SMILES string of the molecule is O=C([C@@H]1CCc2nn(Cc3ccc(Cl)nc3)c(=O)n21)N1CCCC1. The topological polar surface area (TPSA) is 73.0 Å². The van der Waals surface area contributed by atoms with E-state index in [2.05, 4.69) is 10.1 Å². The van der Waals surface area contributed by atoms with Gasteiger partial charge in [0.05, 0.1) is 6.54 Å². The predicted octanol–water partition coefficient (Wildman–Crippen LogP) is 1.25. The number of fused-ring (bicyclic) bond motifs is 1. The maximum atomic E-state index is 12.7. The molecule has 4 heterocycles. The molecule has 0 saturated carbocycles. The van der Waals surface area contributed by atoms with Gasteiger partial charge < -0.3 is 4.90 Å². The highest BCUT2D eigenvalue weighted by Gasteiger charge is 2.35. The van der Waals surface area contributed by atoms with Crippen molar-refractivity contribution in [2.45, 2.75) is 38.3 Å². The van der Waals surface area contributed by atoms with Crippen LogP contribution in [0.3, 0.4) is 0 Å². The molecule has 2 aromatic rings. The summed E-state index contributed by atoms with van der Waals surface area (Å²) in [5.41, 5.74) is 0.621. The number of halogens is 1. The van der Waals surface area contributed by atoms with Crippen LogP contribution in [0.5, 0.6) is 0 Å². The van der Waals surface area contributed by atoms with Gasteiger partial charge >= 0.3 is 5.69 Å². The summed E-state index contributed by atoms with van der Waals surface area (Å²) in [7, 11) is 0. The second kappa shape index (κ2) is 6.05. The first kappa shape index (κ1) is 15.4. The van der Waals surface area contributed by atoms with Crippen molar-refractivity contribution >= 4 is 17.5 Å². The number of amides is 1. The first-order valence-electron chi connectivity index (χ1n) is 8.21. The van der Waals surface area contributed by atoms with Gasteiger partial charge in [-0.1, -0.05) is 17.7 Å². The molecular weight excluding hydrogens is 330 g/mol. The van der Waals surface area contributed by atoms with Crippen LogP contribution in [-0.2, 0) is 17.8 Å². The minimum atomic E-state index is -0.400. The number of rotatable bonds is 3. The van der Waals surface area contributed by atoms with E-state index in [1.54, 1.807) is 16.8 Å². The number of nitrogens with zero attached hydrogens (tertiary/aromatic N) is 5. The summed E-state index contributed by atoms with van der Waals surface area (Å²) in [6, 6.07) is 3.10. The minimum absolute atomic E-state index is 0.0565. The highest BCUT2D eigenvalue weighted by atomic mass is 35.5. The Morgan fingerprint density at radius 1 is 1.29 bits per heavy atom. The number of hydrogen-bond acceptors (Lipinski definition) is 4. The molecule has 1 atom stereocenters. The van der Waals surface area contributed by atoms with Gasteiger partial charge in [0, 0.05) is 25.7 Å². The zero-order valence-electron chi connectivity index (χ0n) is 13.2. The summed E-state index contributed by atoms with van der Waals surface area (Å²) in [5.74, 6) is 0.750. The van der Waals surface area contributed by atoms with Crippen LogP contribution >= 0.6 is 11.6 Å². The third kappa shape index (κ3) is 2.62. The number of carbonyl (C=O) groups is 1. The molecule has 0 bridgehead atoms. The fourth-order valence-corrected chi connectivity index (χ4v) is 3.61. The fraction of sp³-hybridized carbons (Fsp3) is 0.500. The average Bonchev–Trinajstić information content (AvgIpc) is 3.29. The van der Waals surface area contributed by atoms with E-state index >= 15 is 0 Å². The van der Waals surface area contributed by atoms with Crippen LogP contribution in [-0.4, -0.2) is 43.2 Å². The lowest BCUT2D eigenvalue weighted by atomic mass is 10.2. The zero-order valence-corrected chi connectivity index (χ0v) is 13.9. The van der Waals surface area contributed by atoms with Crippen LogP contribution in [0.4, 0.5) is 0 Å². The van der Waals surface area contributed by atoms with Crippen molar-refractivity contribution < 1.29 is 4.79 Å². The summed E-state index contributed by atoms with van der Waals surface area (Å²) in [5, 5.41) is 4.81. The highest BCUT2D eigenvalue weighted by molar-refractivity contribution is 6.29. The summed E-state index contributed by atoms with van der Waals surface area (Å²) in [6.45, 7) is 1.92. The second-order valence-corrected chi connectivity index (χ2v) is 6.69. The second-order valence-electron chi connectivity index (χ2n) is 6.30. The van der Waals surface area contributed by atoms with Crippen LogP contribution in [0.25, 0.3) is 0 Å². The van der Waals surface area contributed by atoms with Crippen LogP contribution in [0.1, 0.15) is 36.7 Å². The Balaban J connectivity index is 1.60. The van der Waals surface area contributed by atoms with Crippen LogP contribution < -0.4 is 5.69 Å². The third-order valence-corrected chi connectivity index (χ3v) is 4.94. The standard InChI is InChI=1S/C16H18ClN5O2/c17-13-5-3-11(9-18-13)10-21-16(24)22-12(4-6-14(22)19-21)15(23)20-7-1-2-8-20/h3,5,9,12H,1-2,4,6-8,10H2/t12-/m0/s1. The van der Waals surface area contributed by atoms with E-state index < -0.39 is 6.04 Å². The molecule has 2 aliphatic heterocycles. The molecule has 7 nitrogen and oxygen atoms in total. The Labute approximate surface area is 143 Å². The molecule has 0 aliphatic carbocycles. The molecule has 1 fully saturated rings. The van der Waals surface area contributed by atoms with Gasteiger partial charge in [0.15, 0.2) is 0 Å². The maximum absolute atomic E-state index is 12.7. The van der Waals surface area contributed by atoms with E-state index in [-0.39, 0.29) is 11.6 Å². The molecular formula is C16H18ClN5O2. The number of aryl methyl sites for hydroxylation is 1. The van der Waals surface area contributed by atoms with E-state index in [0.29, 0.717) is 30.4 Å². The Bertz CT molecular complexity index is 820. The number of pyridine rings is 1. The van der Waals surface area contributed by atoms with Gasteiger partial charge in [0.1, 0.15) is 17.0 Å². The lowest BCUT2D eigenvalue weighted by Crippen LogP contribution is -2.38. The van der Waals surface area contributed by atoms with Crippen LogP contribution in [0.2, 0.25) is 5.15 Å².